The van der Waals surface area contributed by atoms with Crippen molar-refractivity contribution in [3.05, 3.63) is 66.0 Å². The van der Waals surface area contributed by atoms with Crippen LogP contribution in [0, 0.1) is 11.8 Å². The number of amides is 3. The number of hydrogen-bond acceptors (Lipinski definition) is 10. The number of allylic oxidation sites excluding steroid dienone is 1. The lowest BCUT2D eigenvalue weighted by molar-refractivity contribution is -0.166. The predicted molar refractivity (Wildman–Crippen MR) is 194 cm³/mol. The van der Waals surface area contributed by atoms with E-state index in [0.717, 1.165) is 29.2 Å². The number of nitrogens with zero attached hydrogens (tertiary/aromatic N) is 5. The van der Waals surface area contributed by atoms with E-state index in [9.17, 15) is 27.6 Å². The molecule has 2 aromatic carbocycles. The smallest absolute Gasteiger partial charge is 0.319 e. The molecule has 3 amide bonds. The van der Waals surface area contributed by atoms with E-state index in [1.54, 1.807) is 20.8 Å². The number of sulfonamides is 1. The van der Waals surface area contributed by atoms with Crippen molar-refractivity contribution in [2.45, 2.75) is 113 Å². The molecule has 0 bridgehead atoms. The third kappa shape index (κ3) is 8.14. The molecule has 7 rings (SSSR count). The molecule has 0 radical (unpaired) electrons. The van der Waals surface area contributed by atoms with E-state index in [1.165, 1.54) is 9.70 Å². The van der Waals surface area contributed by atoms with Crippen LogP contribution < -0.4 is 10.0 Å². The third-order valence-electron chi connectivity index (χ3n) is 10.5. The molecule has 14 nitrogen and oxygen atoms in total. The highest BCUT2D eigenvalue weighted by Crippen LogP contribution is 2.46. The normalized spacial score (nSPS) is 27.5. The third-order valence-corrected chi connectivity index (χ3v) is 12.4. The Morgan fingerprint density at radius 3 is 2.57 bits per heavy atom. The number of carbonyl (C=O) groups excluding carboxylic acids is 4. The Kier molecular flexibility index (Phi) is 9.89. The highest BCUT2D eigenvalue weighted by molar-refractivity contribution is 7.91. The summed E-state index contributed by atoms with van der Waals surface area (Å²) in [6.07, 6.45) is 8.17. The number of tetrazole rings is 1. The maximum Gasteiger partial charge on any atom is 0.319 e. The molecule has 0 spiro atoms. The molecule has 2 saturated carbocycles. The van der Waals surface area contributed by atoms with Crippen LogP contribution in [0.5, 0.6) is 0 Å². The molecule has 0 unspecified atom stereocenters. The van der Waals surface area contributed by atoms with E-state index in [0.29, 0.717) is 38.1 Å². The molecule has 2 aliphatic carbocycles. The molecular formula is C38H47N7O7S. The number of rotatable bonds is 7. The van der Waals surface area contributed by atoms with Gasteiger partial charge in [0.2, 0.25) is 21.8 Å². The zero-order chi connectivity index (χ0) is 37.5. The number of carbonyl (C=O) groups is 4. The van der Waals surface area contributed by atoms with Crippen molar-refractivity contribution in [1.82, 2.24) is 35.1 Å². The summed E-state index contributed by atoms with van der Waals surface area (Å²) in [4.78, 5) is 58.9. The highest BCUT2D eigenvalue weighted by Gasteiger charge is 2.62. The van der Waals surface area contributed by atoms with Crippen LogP contribution in [-0.2, 0) is 40.5 Å². The van der Waals surface area contributed by atoms with Gasteiger partial charge in [0.25, 0.3) is 5.91 Å². The summed E-state index contributed by atoms with van der Waals surface area (Å²) in [7, 11) is -3.88. The summed E-state index contributed by atoms with van der Waals surface area (Å²) in [5, 5.41) is 17.7. The highest BCUT2D eigenvalue weighted by atomic mass is 32.2. The van der Waals surface area contributed by atoms with Gasteiger partial charge in [-0.05, 0) is 93.3 Å². The molecule has 1 aromatic heterocycles. The number of benzene rings is 2. The van der Waals surface area contributed by atoms with E-state index in [1.807, 2.05) is 48.6 Å². The molecule has 3 heterocycles. The maximum atomic E-state index is 14.5. The molecule has 4 aliphatic rings. The van der Waals surface area contributed by atoms with Gasteiger partial charge in [0.1, 0.15) is 23.1 Å². The topological polar surface area (TPSA) is 183 Å². The lowest BCUT2D eigenvalue weighted by Gasteiger charge is -2.30. The average Bonchev–Trinajstić information content (AvgIpc) is 3.98. The Hall–Kier alpha value is -4.66. The number of nitrogens with one attached hydrogen (secondary N) is 2. The minimum absolute atomic E-state index is 0.0382. The van der Waals surface area contributed by atoms with Gasteiger partial charge in [0, 0.05) is 18.4 Å². The minimum atomic E-state index is -3.88. The molecule has 5 atom stereocenters. The fourth-order valence-electron chi connectivity index (χ4n) is 7.43. The van der Waals surface area contributed by atoms with Gasteiger partial charge in [-0.25, -0.2) is 8.42 Å². The first-order valence-electron chi connectivity index (χ1n) is 18.6. The molecular weight excluding hydrogens is 699 g/mol. The Bertz CT molecular complexity index is 2050. The monoisotopic (exact) mass is 745 g/mol. The SMILES string of the molecule is CC(C)(C)OC(=O)[C@H]1CCCCC/C=C\[C@H]2C[C@@]2(C(=O)NS(=O)(=O)C2CC2)NC(=O)[C@@H]2C[C@@H](c3nnn(Cc4ccc5ccccc5c4)n3)CN2C1=O. The Morgan fingerprint density at radius 1 is 1.04 bits per heavy atom. The fourth-order valence-corrected chi connectivity index (χ4v) is 8.80. The first-order chi connectivity index (χ1) is 25.2. The van der Waals surface area contributed by atoms with E-state index in [2.05, 4.69) is 31.5 Å². The quantitative estimate of drug-likeness (QED) is 0.206. The summed E-state index contributed by atoms with van der Waals surface area (Å²) in [5.41, 5.74) is -1.35. The van der Waals surface area contributed by atoms with Crippen molar-refractivity contribution in [3.8, 4) is 0 Å². The van der Waals surface area contributed by atoms with Crippen molar-refractivity contribution in [2.24, 2.45) is 11.8 Å². The fraction of sp³-hybridized carbons (Fsp3) is 0.553. The van der Waals surface area contributed by atoms with Crippen LogP contribution in [0.4, 0.5) is 0 Å². The summed E-state index contributed by atoms with van der Waals surface area (Å²) in [5.74, 6) is -4.32. The Balaban J connectivity index is 1.17. The molecule has 2 aliphatic heterocycles. The van der Waals surface area contributed by atoms with E-state index in [-0.39, 0.29) is 25.8 Å². The van der Waals surface area contributed by atoms with Crippen LogP contribution in [0.1, 0.15) is 95.9 Å². The second kappa shape index (κ2) is 14.3. The summed E-state index contributed by atoms with van der Waals surface area (Å²) < 4.78 is 33.5. The second-order valence-corrected chi connectivity index (χ2v) is 17.9. The summed E-state index contributed by atoms with van der Waals surface area (Å²) in [6.45, 7) is 5.61. The number of aromatic nitrogens is 4. The first kappa shape index (κ1) is 36.7. The van der Waals surface area contributed by atoms with E-state index < -0.39 is 73.9 Å². The lowest BCUT2D eigenvalue weighted by Crippen LogP contribution is -2.57. The molecule has 282 valence electrons. The van der Waals surface area contributed by atoms with Crippen LogP contribution in [-0.4, -0.2) is 86.2 Å². The maximum absolute atomic E-state index is 14.5. The Morgan fingerprint density at radius 2 is 1.81 bits per heavy atom. The van der Waals surface area contributed by atoms with E-state index >= 15 is 0 Å². The molecule has 3 fully saturated rings. The summed E-state index contributed by atoms with van der Waals surface area (Å²) in [6, 6.07) is 13.0. The van der Waals surface area contributed by atoms with Crippen molar-refractivity contribution in [2.75, 3.05) is 6.54 Å². The van der Waals surface area contributed by atoms with Crippen molar-refractivity contribution < 1.29 is 32.3 Å². The number of esters is 1. The second-order valence-electron chi connectivity index (χ2n) is 15.9. The van der Waals surface area contributed by atoms with Gasteiger partial charge in [-0.15, -0.1) is 10.2 Å². The van der Waals surface area contributed by atoms with Gasteiger partial charge in [-0.1, -0.05) is 61.4 Å². The number of hydrogen-bond donors (Lipinski definition) is 2. The minimum Gasteiger partial charge on any atom is -0.459 e. The zero-order valence-corrected chi connectivity index (χ0v) is 31.2. The van der Waals surface area contributed by atoms with Gasteiger partial charge in [-0.2, -0.15) is 4.80 Å². The van der Waals surface area contributed by atoms with Crippen molar-refractivity contribution in [1.29, 1.82) is 0 Å². The van der Waals surface area contributed by atoms with Gasteiger partial charge in [0.15, 0.2) is 5.82 Å². The van der Waals surface area contributed by atoms with E-state index in [4.69, 9.17) is 4.74 Å². The predicted octanol–water partition coefficient (Wildman–Crippen LogP) is 3.52. The van der Waals surface area contributed by atoms with Crippen LogP contribution >= 0.6 is 0 Å². The molecule has 2 N–H and O–H groups in total. The largest absolute Gasteiger partial charge is 0.459 e. The Labute approximate surface area is 309 Å². The van der Waals surface area contributed by atoms with Gasteiger partial charge in [0.05, 0.1) is 11.8 Å². The average molecular weight is 746 g/mol. The lowest BCUT2D eigenvalue weighted by atomic mass is 9.98. The molecule has 3 aromatic rings. The number of ether oxygens (including phenoxy) is 1. The number of fused-ring (bicyclic) bond motifs is 3. The van der Waals surface area contributed by atoms with Crippen molar-refractivity contribution in [3.63, 3.8) is 0 Å². The zero-order valence-electron chi connectivity index (χ0n) is 30.4. The summed E-state index contributed by atoms with van der Waals surface area (Å²) >= 11 is 0. The van der Waals surface area contributed by atoms with Crippen LogP contribution in [0.25, 0.3) is 10.8 Å². The molecule has 1 saturated heterocycles. The van der Waals surface area contributed by atoms with Gasteiger partial charge < -0.3 is 15.0 Å². The van der Waals surface area contributed by atoms with Gasteiger partial charge >= 0.3 is 5.97 Å². The van der Waals surface area contributed by atoms with Crippen molar-refractivity contribution >= 4 is 44.5 Å². The van der Waals surface area contributed by atoms with Crippen LogP contribution in [0.2, 0.25) is 0 Å². The van der Waals surface area contributed by atoms with Crippen LogP contribution in [0.15, 0.2) is 54.6 Å². The standard InChI is InChI=1S/C38H47N7O7S/c1-37(2,3)52-35(48)30-14-8-6-4-5-7-13-28-21-38(28,36(49)42-53(50,51)29-17-18-29)39-33(46)31-20-27(23-44(31)34(30)47)32-40-43-45(41-32)22-24-15-16-25-11-9-10-12-26(25)19-24/h7,9-13,15-16,19,27-31H,4-6,8,14,17-18,20-23H2,1-3H3,(H,39,46)(H,42,49)/b13-7-/t27-,28+,30+,31+,38-/m1/s1. The molecule has 15 heteroatoms. The van der Waals surface area contributed by atoms with Crippen LogP contribution in [0.3, 0.4) is 0 Å². The first-order valence-corrected chi connectivity index (χ1v) is 20.1. The molecule has 53 heavy (non-hydrogen) atoms. The van der Waals surface area contributed by atoms with Gasteiger partial charge in [-0.3, -0.25) is 23.9 Å².